The van der Waals surface area contributed by atoms with E-state index in [2.05, 4.69) is 5.32 Å². The van der Waals surface area contributed by atoms with E-state index >= 15 is 0 Å². The molecule has 1 heterocycles. The van der Waals surface area contributed by atoms with E-state index in [1.807, 2.05) is 25.1 Å². The number of ether oxygens (including phenoxy) is 2. The van der Waals surface area contributed by atoms with Crippen molar-refractivity contribution in [3.8, 4) is 17.2 Å². The van der Waals surface area contributed by atoms with E-state index in [0.29, 0.717) is 23.6 Å². The first-order chi connectivity index (χ1) is 13.9. The van der Waals surface area contributed by atoms with Crippen molar-refractivity contribution in [2.24, 2.45) is 0 Å². The van der Waals surface area contributed by atoms with Gasteiger partial charge in [-0.25, -0.2) is 0 Å². The summed E-state index contributed by atoms with van der Waals surface area (Å²) in [6, 6.07) is 9.99. The highest BCUT2D eigenvalue weighted by Crippen LogP contribution is 2.36. The molecule has 1 aromatic heterocycles. The SMILES string of the molecule is COc1ccc(CCN/C(C)=C\c2oc3ccc(O)cc3c2[N+](=O)[O-])cc1OC. The zero-order chi connectivity index (χ0) is 21.0. The lowest BCUT2D eigenvalue weighted by molar-refractivity contribution is -0.383. The van der Waals surface area contributed by atoms with Crippen LogP contribution in [0.2, 0.25) is 0 Å². The van der Waals surface area contributed by atoms with Crippen LogP contribution in [0.1, 0.15) is 18.2 Å². The molecular weight excluding hydrogens is 376 g/mol. The molecule has 29 heavy (non-hydrogen) atoms. The number of phenolic OH excluding ortho intramolecular Hbond substituents is 1. The summed E-state index contributed by atoms with van der Waals surface area (Å²) in [6.07, 6.45) is 2.31. The molecule has 0 atom stereocenters. The first kappa shape index (κ1) is 20.1. The smallest absolute Gasteiger partial charge is 0.322 e. The third kappa shape index (κ3) is 4.43. The van der Waals surface area contributed by atoms with Crippen LogP contribution in [0.4, 0.5) is 5.69 Å². The van der Waals surface area contributed by atoms with Gasteiger partial charge in [0.1, 0.15) is 16.7 Å². The summed E-state index contributed by atoms with van der Waals surface area (Å²) >= 11 is 0. The van der Waals surface area contributed by atoms with E-state index in [9.17, 15) is 15.2 Å². The standard InChI is InChI=1S/C21H22N2O6/c1-13(22-9-8-14-4-6-18(27-2)19(11-14)28-3)10-20-21(23(25)26)16-12-15(24)5-7-17(16)29-20/h4-7,10-12,22,24H,8-9H2,1-3H3/b13-10-. The van der Waals surface area contributed by atoms with Crippen LogP contribution in [-0.2, 0) is 6.42 Å². The van der Waals surface area contributed by atoms with Crippen molar-refractivity contribution >= 4 is 22.7 Å². The third-order valence-electron chi connectivity index (χ3n) is 4.47. The van der Waals surface area contributed by atoms with Crippen molar-refractivity contribution in [2.45, 2.75) is 13.3 Å². The van der Waals surface area contributed by atoms with Crippen LogP contribution in [0.15, 0.2) is 46.5 Å². The quantitative estimate of drug-likeness (QED) is 0.431. The molecule has 0 spiro atoms. The number of fused-ring (bicyclic) bond motifs is 1. The number of hydrogen-bond acceptors (Lipinski definition) is 7. The van der Waals surface area contributed by atoms with Crippen LogP contribution in [0, 0.1) is 10.1 Å². The average Bonchev–Trinajstić information content (AvgIpc) is 3.04. The number of nitrogens with one attached hydrogen (secondary N) is 1. The summed E-state index contributed by atoms with van der Waals surface area (Å²) < 4.78 is 16.1. The Labute approximate surface area is 167 Å². The molecule has 8 nitrogen and oxygen atoms in total. The van der Waals surface area contributed by atoms with Crippen molar-refractivity contribution in [2.75, 3.05) is 20.8 Å². The van der Waals surface area contributed by atoms with Gasteiger partial charge in [0.15, 0.2) is 11.5 Å². The Morgan fingerprint density at radius 2 is 1.97 bits per heavy atom. The highest BCUT2D eigenvalue weighted by Gasteiger charge is 2.23. The summed E-state index contributed by atoms with van der Waals surface area (Å²) in [5.41, 5.74) is 1.96. The predicted octanol–water partition coefficient (Wildman–Crippen LogP) is 4.26. The highest BCUT2D eigenvalue weighted by molar-refractivity contribution is 5.92. The molecule has 0 aliphatic heterocycles. The molecule has 0 aliphatic carbocycles. The number of phenols is 1. The van der Waals surface area contributed by atoms with Gasteiger partial charge in [-0.05, 0) is 49.2 Å². The number of hydrogen-bond donors (Lipinski definition) is 2. The molecule has 0 saturated heterocycles. The summed E-state index contributed by atoms with van der Waals surface area (Å²) in [4.78, 5) is 11.0. The van der Waals surface area contributed by atoms with Crippen molar-refractivity contribution in [1.82, 2.24) is 5.32 Å². The predicted molar refractivity (Wildman–Crippen MR) is 109 cm³/mol. The number of methoxy groups -OCH3 is 2. The summed E-state index contributed by atoms with van der Waals surface area (Å²) in [6.45, 7) is 2.43. The third-order valence-corrected chi connectivity index (χ3v) is 4.47. The molecule has 0 radical (unpaired) electrons. The Balaban J connectivity index is 1.74. The fourth-order valence-electron chi connectivity index (χ4n) is 3.07. The minimum Gasteiger partial charge on any atom is -0.508 e. The number of furan rings is 1. The lowest BCUT2D eigenvalue weighted by atomic mass is 10.1. The summed E-state index contributed by atoms with van der Waals surface area (Å²) in [7, 11) is 3.18. The molecule has 8 heteroatoms. The Morgan fingerprint density at radius 1 is 1.21 bits per heavy atom. The molecule has 3 rings (SSSR count). The lowest BCUT2D eigenvalue weighted by Gasteiger charge is -2.10. The second-order valence-corrected chi connectivity index (χ2v) is 6.45. The van der Waals surface area contributed by atoms with Crippen molar-refractivity contribution in [3.05, 3.63) is 63.5 Å². The van der Waals surface area contributed by atoms with Gasteiger partial charge in [0.2, 0.25) is 5.76 Å². The van der Waals surface area contributed by atoms with Gasteiger partial charge >= 0.3 is 5.69 Å². The average molecular weight is 398 g/mol. The Hall–Kier alpha value is -3.68. The maximum atomic E-state index is 11.5. The minimum absolute atomic E-state index is 0.0540. The van der Waals surface area contributed by atoms with Crippen LogP contribution in [0.25, 0.3) is 17.0 Å². The maximum absolute atomic E-state index is 11.5. The lowest BCUT2D eigenvalue weighted by Crippen LogP contribution is -2.14. The molecule has 0 bridgehead atoms. The van der Waals surface area contributed by atoms with E-state index in [1.54, 1.807) is 20.3 Å². The van der Waals surface area contributed by atoms with E-state index in [0.717, 1.165) is 17.7 Å². The van der Waals surface area contributed by atoms with Gasteiger partial charge in [-0.15, -0.1) is 0 Å². The zero-order valence-corrected chi connectivity index (χ0v) is 16.4. The monoisotopic (exact) mass is 398 g/mol. The molecule has 0 unspecified atom stereocenters. The van der Waals surface area contributed by atoms with Gasteiger partial charge in [-0.3, -0.25) is 10.1 Å². The first-order valence-corrected chi connectivity index (χ1v) is 8.96. The summed E-state index contributed by atoms with van der Waals surface area (Å²) in [5, 5.41) is 24.6. The van der Waals surface area contributed by atoms with Crippen molar-refractivity contribution in [3.63, 3.8) is 0 Å². The molecular formula is C21H22N2O6. The Bertz CT molecular complexity index is 1070. The molecule has 2 N–H and O–H groups in total. The number of allylic oxidation sites excluding steroid dienone is 1. The number of nitro groups is 1. The Morgan fingerprint density at radius 3 is 2.66 bits per heavy atom. The fraction of sp³-hybridized carbons (Fsp3) is 0.238. The Kier molecular flexibility index (Phi) is 5.92. The van der Waals surface area contributed by atoms with E-state index in [4.69, 9.17) is 13.9 Å². The minimum atomic E-state index is -0.506. The summed E-state index contributed by atoms with van der Waals surface area (Å²) in [5.74, 6) is 1.41. The van der Waals surface area contributed by atoms with Crippen molar-refractivity contribution in [1.29, 1.82) is 0 Å². The number of aromatic hydroxyl groups is 1. The van der Waals surface area contributed by atoms with Gasteiger partial charge < -0.3 is 24.3 Å². The number of rotatable bonds is 8. The normalized spacial score (nSPS) is 11.5. The fourth-order valence-corrected chi connectivity index (χ4v) is 3.07. The van der Waals surface area contributed by atoms with Crippen molar-refractivity contribution < 1.29 is 23.9 Å². The second kappa shape index (κ2) is 8.55. The van der Waals surface area contributed by atoms with E-state index in [-0.39, 0.29) is 22.6 Å². The number of nitrogens with zero attached hydrogens (tertiary/aromatic N) is 1. The van der Waals surface area contributed by atoms with Gasteiger partial charge in [0, 0.05) is 18.3 Å². The van der Waals surface area contributed by atoms with Gasteiger partial charge in [-0.1, -0.05) is 6.07 Å². The van der Waals surface area contributed by atoms with Crippen LogP contribution in [-0.4, -0.2) is 30.8 Å². The maximum Gasteiger partial charge on any atom is 0.322 e. The van der Waals surface area contributed by atoms with Crippen LogP contribution >= 0.6 is 0 Å². The topological polar surface area (TPSA) is 107 Å². The largest absolute Gasteiger partial charge is 0.508 e. The molecule has 0 fully saturated rings. The van der Waals surface area contributed by atoms with E-state index < -0.39 is 4.92 Å². The molecule has 0 amide bonds. The van der Waals surface area contributed by atoms with Crippen LogP contribution < -0.4 is 14.8 Å². The second-order valence-electron chi connectivity index (χ2n) is 6.45. The van der Waals surface area contributed by atoms with E-state index in [1.165, 1.54) is 18.2 Å². The zero-order valence-electron chi connectivity index (χ0n) is 16.4. The molecule has 3 aromatic rings. The molecule has 0 aliphatic rings. The van der Waals surface area contributed by atoms with Crippen LogP contribution in [0.3, 0.4) is 0 Å². The molecule has 0 saturated carbocycles. The van der Waals surface area contributed by atoms with Crippen LogP contribution in [0.5, 0.6) is 17.2 Å². The highest BCUT2D eigenvalue weighted by atomic mass is 16.6. The molecule has 2 aromatic carbocycles. The van der Waals surface area contributed by atoms with Gasteiger partial charge in [-0.2, -0.15) is 0 Å². The van der Waals surface area contributed by atoms with Gasteiger partial charge in [0.05, 0.1) is 19.1 Å². The molecule has 152 valence electrons. The first-order valence-electron chi connectivity index (χ1n) is 8.96. The van der Waals surface area contributed by atoms with Gasteiger partial charge in [0.25, 0.3) is 0 Å². The number of benzene rings is 2.